The summed E-state index contributed by atoms with van der Waals surface area (Å²) in [6, 6.07) is 31.8. The van der Waals surface area contributed by atoms with Gasteiger partial charge in [-0.3, -0.25) is 4.57 Å². The predicted molar refractivity (Wildman–Crippen MR) is 142 cm³/mol. The third-order valence-electron chi connectivity index (χ3n) is 5.91. The number of aromatic nitrogens is 2. The Bertz CT molecular complexity index is 1240. The van der Waals surface area contributed by atoms with E-state index in [0.717, 1.165) is 16.7 Å². The molecule has 0 radical (unpaired) electrons. The molecule has 0 aliphatic rings. The van der Waals surface area contributed by atoms with E-state index < -0.39 is 23.6 Å². The lowest BCUT2D eigenvalue weighted by molar-refractivity contribution is -0.0790. The van der Waals surface area contributed by atoms with Gasteiger partial charge in [0.2, 0.25) is 0 Å². The molecule has 36 heavy (non-hydrogen) atoms. The highest BCUT2D eigenvalue weighted by Gasteiger charge is 2.38. The molecule has 6 heteroatoms. The number of rotatable bonds is 11. The molecule has 1 heterocycles. The van der Waals surface area contributed by atoms with Gasteiger partial charge in [-0.15, -0.1) is 6.58 Å². The van der Waals surface area contributed by atoms with Crippen molar-refractivity contribution in [2.45, 2.75) is 17.9 Å². The lowest BCUT2D eigenvalue weighted by Gasteiger charge is -2.37. The molecule has 0 saturated heterocycles. The molecule has 2 N–H and O–H groups in total. The van der Waals surface area contributed by atoms with Crippen LogP contribution in [0.3, 0.4) is 0 Å². The fraction of sp³-hybridized carbons (Fsp3) is 0.133. The summed E-state index contributed by atoms with van der Waals surface area (Å²) in [5, 5.41) is 0. The third kappa shape index (κ3) is 5.20. The lowest BCUT2D eigenvalue weighted by atomic mass is 9.80. The average molecular weight is 480 g/mol. The monoisotopic (exact) mass is 479 g/mol. The Morgan fingerprint density at radius 2 is 1.33 bits per heavy atom. The molecule has 182 valence electrons. The summed E-state index contributed by atoms with van der Waals surface area (Å²) in [6.07, 6.45) is 3.36. The minimum atomic E-state index is -0.905. The smallest absolute Gasteiger partial charge is 0.351 e. The summed E-state index contributed by atoms with van der Waals surface area (Å²) >= 11 is 0. The molecule has 0 unspecified atom stereocenters. The Labute approximate surface area is 211 Å². The van der Waals surface area contributed by atoms with Gasteiger partial charge in [-0.25, -0.2) is 4.79 Å². The van der Waals surface area contributed by atoms with Gasteiger partial charge in [0, 0.05) is 6.20 Å². The van der Waals surface area contributed by atoms with Gasteiger partial charge in [-0.05, 0) is 28.8 Å². The zero-order chi connectivity index (χ0) is 25.4. The highest BCUT2D eigenvalue weighted by Crippen LogP contribution is 2.40. The van der Waals surface area contributed by atoms with E-state index in [1.807, 2.05) is 54.6 Å². The van der Waals surface area contributed by atoms with Crippen molar-refractivity contribution in [3.63, 3.8) is 0 Å². The second kappa shape index (κ2) is 11.4. The maximum Gasteiger partial charge on any atom is 0.351 e. The molecule has 0 aliphatic carbocycles. The first-order valence-corrected chi connectivity index (χ1v) is 11.6. The number of nitrogen functional groups attached to an aromatic ring is 1. The molecule has 0 fully saturated rings. The fourth-order valence-electron chi connectivity index (χ4n) is 4.17. The van der Waals surface area contributed by atoms with Crippen molar-refractivity contribution in [2.24, 2.45) is 0 Å². The van der Waals surface area contributed by atoms with Gasteiger partial charge in [0.25, 0.3) is 0 Å². The summed E-state index contributed by atoms with van der Waals surface area (Å²) < 4.78 is 14.3. The van der Waals surface area contributed by atoms with Crippen molar-refractivity contribution in [1.29, 1.82) is 0 Å². The van der Waals surface area contributed by atoms with E-state index in [-0.39, 0.29) is 12.4 Å². The number of hydrogen-bond donors (Lipinski definition) is 1. The van der Waals surface area contributed by atoms with Crippen LogP contribution in [0.5, 0.6) is 0 Å². The van der Waals surface area contributed by atoms with E-state index in [4.69, 9.17) is 15.2 Å². The average Bonchev–Trinajstić information content (AvgIpc) is 2.93. The number of nitrogens with two attached hydrogens (primary N) is 1. The second-order valence-electron chi connectivity index (χ2n) is 8.17. The summed E-state index contributed by atoms with van der Waals surface area (Å²) in [4.78, 5) is 16.1. The summed E-state index contributed by atoms with van der Waals surface area (Å²) in [5.41, 5.74) is 7.12. The molecular weight excluding hydrogens is 450 g/mol. The van der Waals surface area contributed by atoms with Crippen LogP contribution in [0.4, 0.5) is 5.82 Å². The van der Waals surface area contributed by atoms with Crippen molar-refractivity contribution in [3.8, 4) is 0 Å². The maximum atomic E-state index is 12.4. The number of ether oxygens (including phenoxy) is 2. The van der Waals surface area contributed by atoms with Crippen LogP contribution < -0.4 is 11.4 Å². The Morgan fingerprint density at radius 1 is 0.833 bits per heavy atom. The predicted octanol–water partition coefficient (Wildman–Crippen LogP) is 5.09. The van der Waals surface area contributed by atoms with E-state index in [2.05, 4.69) is 54.5 Å². The molecule has 0 amide bonds. The van der Waals surface area contributed by atoms with Crippen LogP contribution in [-0.2, 0) is 15.1 Å². The van der Waals surface area contributed by atoms with E-state index in [1.54, 1.807) is 6.08 Å². The molecule has 0 aliphatic heterocycles. The maximum absolute atomic E-state index is 12.4. The highest BCUT2D eigenvalue weighted by atomic mass is 16.6. The molecule has 2 atom stereocenters. The van der Waals surface area contributed by atoms with Crippen LogP contribution in [0.15, 0.2) is 133 Å². The van der Waals surface area contributed by atoms with Crippen molar-refractivity contribution in [2.75, 3.05) is 12.3 Å². The first kappa shape index (κ1) is 24.9. The number of benzene rings is 3. The first-order chi connectivity index (χ1) is 17.6. The molecule has 3 aromatic carbocycles. The zero-order valence-electron chi connectivity index (χ0n) is 19.9. The standard InChI is InChI=1S/C30H29N3O3/c1-3-26(36-28(4-2)33-21-20-27(31)32-29(33)34)22-35-30(23-14-8-5-9-15-23,24-16-10-6-11-17-24)25-18-12-7-13-19-25/h3-21,26,28H,1-2,22H2,(H2,31,32,34)/t26-,28+/m0/s1. The van der Waals surface area contributed by atoms with Crippen LogP contribution in [0.25, 0.3) is 0 Å². The van der Waals surface area contributed by atoms with Gasteiger partial charge in [-0.2, -0.15) is 4.98 Å². The molecule has 6 nitrogen and oxygen atoms in total. The Kier molecular flexibility index (Phi) is 7.90. The van der Waals surface area contributed by atoms with Crippen LogP contribution in [0.2, 0.25) is 0 Å². The molecule has 0 bridgehead atoms. The summed E-state index contributed by atoms with van der Waals surface area (Å²) in [6.45, 7) is 7.91. The normalized spacial score (nSPS) is 13.0. The molecule has 4 rings (SSSR count). The number of nitrogens with zero attached hydrogens (tertiary/aromatic N) is 2. The van der Waals surface area contributed by atoms with Crippen molar-refractivity contribution in [1.82, 2.24) is 9.55 Å². The quantitative estimate of drug-likeness (QED) is 0.239. The lowest BCUT2D eigenvalue weighted by Crippen LogP contribution is -2.37. The molecule has 0 spiro atoms. The van der Waals surface area contributed by atoms with Crippen LogP contribution in [-0.4, -0.2) is 22.3 Å². The van der Waals surface area contributed by atoms with Crippen LogP contribution >= 0.6 is 0 Å². The SMILES string of the molecule is C=C[C@@H](COC(c1ccccc1)(c1ccccc1)c1ccccc1)O[C@H](C=C)n1ccc(N)nc1=O. The number of hydrogen-bond acceptors (Lipinski definition) is 5. The second-order valence-corrected chi connectivity index (χ2v) is 8.17. The van der Waals surface area contributed by atoms with Crippen molar-refractivity contribution < 1.29 is 9.47 Å². The van der Waals surface area contributed by atoms with E-state index in [1.165, 1.54) is 22.9 Å². The Balaban J connectivity index is 1.71. The number of anilines is 1. The van der Waals surface area contributed by atoms with Gasteiger partial charge in [0.05, 0.1) is 6.61 Å². The van der Waals surface area contributed by atoms with Gasteiger partial charge in [-0.1, -0.05) is 104 Å². The first-order valence-electron chi connectivity index (χ1n) is 11.6. The van der Waals surface area contributed by atoms with E-state index in [0.29, 0.717) is 0 Å². The Morgan fingerprint density at radius 3 is 1.75 bits per heavy atom. The Hall–Kier alpha value is -4.26. The topological polar surface area (TPSA) is 79.4 Å². The molecule has 0 saturated carbocycles. The molecule has 1 aromatic heterocycles. The van der Waals surface area contributed by atoms with E-state index >= 15 is 0 Å². The third-order valence-corrected chi connectivity index (χ3v) is 5.91. The van der Waals surface area contributed by atoms with Crippen molar-refractivity contribution in [3.05, 3.63) is 156 Å². The van der Waals surface area contributed by atoms with Gasteiger partial charge in [0.15, 0.2) is 6.23 Å². The van der Waals surface area contributed by atoms with Crippen molar-refractivity contribution >= 4 is 5.82 Å². The van der Waals surface area contributed by atoms with Crippen LogP contribution in [0.1, 0.15) is 22.9 Å². The van der Waals surface area contributed by atoms with Gasteiger partial charge in [0.1, 0.15) is 17.5 Å². The minimum Gasteiger partial charge on any atom is -0.383 e. The van der Waals surface area contributed by atoms with Gasteiger partial charge >= 0.3 is 5.69 Å². The summed E-state index contributed by atoms with van der Waals surface area (Å²) in [5.74, 6) is 0.140. The molecule has 4 aromatic rings. The molecular formula is C30H29N3O3. The van der Waals surface area contributed by atoms with E-state index in [9.17, 15) is 4.79 Å². The minimum absolute atomic E-state index is 0.140. The van der Waals surface area contributed by atoms with Gasteiger partial charge < -0.3 is 15.2 Å². The van der Waals surface area contributed by atoms with Crippen LogP contribution in [0, 0.1) is 0 Å². The highest BCUT2D eigenvalue weighted by molar-refractivity contribution is 5.47. The summed E-state index contributed by atoms with van der Waals surface area (Å²) in [7, 11) is 0. The fourth-order valence-corrected chi connectivity index (χ4v) is 4.17. The largest absolute Gasteiger partial charge is 0.383 e. The zero-order valence-corrected chi connectivity index (χ0v) is 19.9.